The molecule has 0 unspecified atom stereocenters. The SMILES string of the molecule is C=C(C)[C@H]1Cc2oc(cc2C(=O)OC)[C@H](C(=C)C)[C@H]2C=C(C(=O)O2)[C@H](O)C1. The first kappa shape index (κ1) is 19.2. The van der Waals surface area contributed by atoms with Crippen LogP contribution in [0.1, 0.15) is 48.1 Å². The van der Waals surface area contributed by atoms with Gasteiger partial charge in [-0.1, -0.05) is 24.3 Å². The highest BCUT2D eigenvalue weighted by Gasteiger charge is 2.40. The number of carbonyl (C=O) groups excluding carboxylic acids is 2. The number of carbonyl (C=O) groups is 2. The number of hydrogen-bond donors (Lipinski definition) is 1. The van der Waals surface area contributed by atoms with Crippen LogP contribution in [0.3, 0.4) is 0 Å². The lowest BCUT2D eigenvalue weighted by molar-refractivity contribution is -0.141. The van der Waals surface area contributed by atoms with Gasteiger partial charge >= 0.3 is 11.9 Å². The van der Waals surface area contributed by atoms with Crippen LogP contribution in [0.15, 0.2) is 46.4 Å². The molecule has 2 aliphatic heterocycles. The first-order valence-electron chi connectivity index (χ1n) is 8.85. The molecule has 0 saturated carbocycles. The van der Waals surface area contributed by atoms with Gasteiger partial charge < -0.3 is 19.0 Å². The average molecular weight is 372 g/mol. The third kappa shape index (κ3) is 3.49. The van der Waals surface area contributed by atoms with Crippen molar-refractivity contribution in [2.45, 2.75) is 44.8 Å². The minimum absolute atomic E-state index is 0.184. The predicted octanol–water partition coefficient (Wildman–Crippen LogP) is 3.08. The lowest BCUT2D eigenvalue weighted by atomic mass is 9.86. The van der Waals surface area contributed by atoms with Crippen molar-refractivity contribution in [2.75, 3.05) is 7.11 Å². The second-order valence-corrected chi connectivity index (χ2v) is 7.29. The first-order chi connectivity index (χ1) is 12.7. The van der Waals surface area contributed by atoms with E-state index in [0.29, 0.717) is 29.1 Å². The number of rotatable bonds is 3. The van der Waals surface area contributed by atoms with Crippen molar-refractivity contribution < 1.29 is 28.6 Å². The predicted molar refractivity (Wildman–Crippen MR) is 98.2 cm³/mol. The zero-order valence-electron chi connectivity index (χ0n) is 15.8. The molecule has 0 aromatic carbocycles. The Bertz CT molecular complexity index is 843. The summed E-state index contributed by atoms with van der Waals surface area (Å²) < 4.78 is 16.4. The number of aliphatic hydroxyl groups excluding tert-OH is 1. The normalized spacial score (nSPS) is 27.3. The van der Waals surface area contributed by atoms with Gasteiger partial charge in [0.1, 0.15) is 23.2 Å². The van der Waals surface area contributed by atoms with Crippen LogP contribution < -0.4 is 0 Å². The Balaban J connectivity index is 2.17. The second-order valence-electron chi connectivity index (χ2n) is 7.29. The molecule has 2 aliphatic rings. The van der Waals surface area contributed by atoms with Crippen molar-refractivity contribution >= 4 is 11.9 Å². The zero-order valence-corrected chi connectivity index (χ0v) is 15.8. The number of ether oxygens (including phenoxy) is 2. The molecule has 6 nitrogen and oxygen atoms in total. The van der Waals surface area contributed by atoms with Crippen molar-refractivity contribution in [3.05, 3.63) is 59.1 Å². The molecule has 0 amide bonds. The van der Waals surface area contributed by atoms with Crippen LogP contribution in [0.5, 0.6) is 0 Å². The highest BCUT2D eigenvalue weighted by atomic mass is 16.6. The minimum atomic E-state index is -0.984. The maximum Gasteiger partial charge on any atom is 0.341 e. The summed E-state index contributed by atoms with van der Waals surface area (Å²) in [6, 6.07) is 1.63. The minimum Gasteiger partial charge on any atom is -0.465 e. The molecular weight excluding hydrogens is 348 g/mol. The van der Waals surface area contributed by atoms with Crippen molar-refractivity contribution in [1.82, 2.24) is 0 Å². The summed E-state index contributed by atoms with van der Waals surface area (Å²) in [6.07, 6.45) is 0.644. The molecule has 27 heavy (non-hydrogen) atoms. The highest BCUT2D eigenvalue weighted by Crippen LogP contribution is 2.39. The van der Waals surface area contributed by atoms with E-state index in [4.69, 9.17) is 13.9 Å². The molecule has 0 aliphatic carbocycles. The molecule has 0 spiro atoms. The monoisotopic (exact) mass is 372 g/mol. The molecule has 0 radical (unpaired) electrons. The maximum atomic E-state index is 12.3. The summed E-state index contributed by atoms with van der Waals surface area (Å²) in [5.41, 5.74) is 2.11. The summed E-state index contributed by atoms with van der Waals surface area (Å²) in [4.78, 5) is 24.6. The van der Waals surface area contributed by atoms with Crippen LogP contribution in [0.25, 0.3) is 0 Å². The Kier molecular flexibility index (Phi) is 5.11. The van der Waals surface area contributed by atoms with Crippen LogP contribution in [0.4, 0.5) is 0 Å². The van der Waals surface area contributed by atoms with E-state index in [-0.39, 0.29) is 17.9 Å². The van der Waals surface area contributed by atoms with Gasteiger partial charge in [0.05, 0.1) is 24.7 Å². The molecule has 1 aromatic rings. The molecule has 1 N–H and O–H groups in total. The largest absolute Gasteiger partial charge is 0.465 e. The van der Waals surface area contributed by atoms with Gasteiger partial charge in [-0.25, -0.2) is 9.59 Å². The van der Waals surface area contributed by atoms with Gasteiger partial charge in [-0.2, -0.15) is 0 Å². The summed E-state index contributed by atoms with van der Waals surface area (Å²) in [5.74, 6) is -0.742. The summed E-state index contributed by atoms with van der Waals surface area (Å²) in [6.45, 7) is 11.6. The third-order valence-electron chi connectivity index (χ3n) is 5.22. The van der Waals surface area contributed by atoms with Crippen LogP contribution >= 0.6 is 0 Å². The molecule has 6 heteroatoms. The van der Waals surface area contributed by atoms with E-state index >= 15 is 0 Å². The van der Waals surface area contributed by atoms with Crippen molar-refractivity contribution in [3.8, 4) is 0 Å². The Morgan fingerprint density at radius 3 is 2.59 bits per heavy atom. The standard InChI is InChI=1S/C21H24O6/c1-10(2)12-6-15(22)13-8-18(27-21(13)24)19(11(3)4)17-9-14(20(23)25-5)16(7-12)26-17/h8-9,12,15,18-19,22H,1,3,6-7H2,2,4-5H3/t12-,15-,18-,19+/m1/s1. The Morgan fingerprint density at radius 1 is 1.30 bits per heavy atom. The van der Waals surface area contributed by atoms with E-state index in [1.807, 2.05) is 6.92 Å². The second kappa shape index (κ2) is 7.19. The molecule has 144 valence electrons. The quantitative estimate of drug-likeness (QED) is 0.648. The Morgan fingerprint density at radius 2 is 2.00 bits per heavy atom. The number of methoxy groups -OCH3 is 1. The molecule has 3 rings (SSSR count). The van der Waals surface area contributed by atoms with E-state index in [1.54, 1.807) is 19.1 Å². The number of aliphatic hydroxyl groups is 1. The number of esters is 2. The maximum absolute atomic E-state index is 12.3. The topological polar surface area (TPSA) is 86.0 Å². The van der Waals surface area contributed by atoms with E-state index in [0.717, 1.165) is 5.57 Å². The van der Waals surface area contributed by atoms with Gasteiger partial charge in [0, 0.05) is 6.42 Å². The van der Waals surface area contributed by atoms with Crippen LogP contribution in [-0.2, 0) is 20.7 Å². The third-order valence-corrected chi connectivity index (χ3v) is 5.22. The fraction of sp³-hybridized carbons (Fsp3) is 0.429. The van der Waals surface area contributed by atoms with Gasteiger partial charge in [0.25, 0.3) is 0 Å². The first-order valence-corrected chi connectivity index (χ1v) is 8.85. The molecule has 3 heterocycles. The lowest BCUT2D eigenvalue weighted by Gasteiger charge is -2.21. The molecule has 4 atom stereocenters. The van der Waals surface area contributed by atoms with E-state index in [1.165, 1.54) is 7.11 Å². The van der Waals surface area contributed by atoms with Gasteiger partial charge in [-0.05, 0) is 38.3 Å². The smallest absolute Gasteiger partial charge is 0.341 e. The fourth-order valence-electron chi connectivity index (χ4n) is 3.68. The van der Waals surface area contributed by atoms with E-state index < -0.39 is 30.1 Å². The number of allylic oxidation sites excluding steroid dienone is 1. The van der Waals surface area contributed by atoms with E-state index in [2.05, 4.69) is 13.2 Å². The molecule has 0 fully saturated rings. The highest BCUT2D eigenvalue weighted by molar-refractivity contribution is 5.92. The van der Waals surface area contributed by atoms with Crippen molar-refractivity contribution in [1.29, 1.82) is 0 Å². The summed E-state index contributed by atoms with van der Waals surface area (Å²) in [7, 11) is 1.31. The molecular formula is C21H24O6. The van der Waals surface area contributed by atoms with Gasteiger partial charge in [0.15, 0.2) is 0 Å². The van der Waals surface area contributed by atoms with Crippen LogP contribution in [0.2, 0.25) is 0 Å². The molecule has 0 saturated heterocycles. The van der Waals surface area contributed by atoms with Crippen molar-refractivity contribution in [3.63, 3.8) is 0 Å². The van der Waals surface area contributed by atoms with Crippen LogP contribution in [-0.4, -0.2) is 36.4 Å². The van der Waals surface area contributed by atoms with Crippen molar-refractivity contribution in [2.24, 2.45) is 5.92 Å². The van der Waals surface area contributed by atoms with Gasteiger partial charge in [0.2, 0.25) is 0 Å². The summed E-state index contributed by atoms with van der Waals surface area (Å²) >= 11 is 0. The Hall–Kier alpha value is -2.60. The zero-order chi connectivity index (χ0) is 19.9. The number of furan rings is 1. The lowest BCUT2D eigenvalue weighted by Crippen LogP contribution is -2.22. The Labute approximate surface area is 158 Å². The molecule has 1 aromatic heterocycles. The molecule has 4 bridgehead atoms. The van der Waals surface area contributed by atoms with E-state index in [9.17, 15) is 14.7 Å². The number of hydrogen-bond acceptors (Lipinski definition) is 6. The average Bonchev–Trinajstić information content (AvgIpc) is 3.16. The van der Waals surface area contributed by atoms with Gasteiger partial charge in [-0.15, -0.1) is 0 Å². The van der Waals surface area contributed by atoms with Gasteiger partial charge in [-0.3, -0.25) is 0 Å². The summed E-state index contributed by atoms with van der Waals surface area (Å²) in [5, 5.41) is 10.6. The van der Waals surface area contributed by atoms with Crippen LogP contribution in [0, 0.1) is 5.92 Å². The fourth-order valence-corrected chi connectivity index (χ4v) is 3.68. The number of fused-ring (bicyclic) bond motifs is 3.